The number of nitrogens with one attached hydrogen (secondary N) is 1. The van der Waals surface area contributed by atoms with Crippen LogP contribution in [0.2, 0.25) is 0 Å². The lowest BCUT2D eigenvalue weighted by Crippen LogP contribution is -2.20. The summed E-state index contributed by atoms with van der Waals surface area (Å²) in [7, 11) is 0. The zero-order valence-electron chi connectivity index (χ0n) is 12.4. The SMILES string of the molecule is CC(C)c1ccc(OCC(=O)Nc2ccc(Br)cc2F)cc1. The minimum Gasteiger partial charge on any atom is -0.484 e. The van der Waals surface area contributed by atoms with Crippen molar-refractivity contribution >= 4 is 27.5 Å². The number of hydrogen-bond donors (Lipinski definition) is 1. The number of halogens is 2. The quantitative estimate of drug-likeness (QED) is 0.831. The van der Waals surface area contributed by atoms with E-state index in [1.165, 1.54) is 17.7 Å². The van der Waals surface area contributed by atoms with E-state index in [1.807, 2.05) is 24.3 Å². The summed E-state index contributed by atoms with van der Waals surface area (Å²) in [5, 5.41) is 2.48. The fourth-order valence-electron chi connectivity index (χ4n) is 1.87. The number of amides is 1. The maximum atomic E-state index is 13.6. The third-order valence-corrected chi connectivity index (χ3v) is 3.62. The molecule has 1 N–H and O–H groups in total. The predicted molar refractivity (Wildman–Crippen MR) is 88.8 cm³/mol. The second-order valence-electron chi connectivity index (χ2n) is 5.18. The molecule has 0 aliphatic rings. The smallest absolute Gasteiger partial charge is 0.262 e. The third-order valence-electron chi connectivity index (χ3n) is 3.12. The Morgan fingerprint density at radius 3 is 2.50 bits per heavy atom. The number of benzene rings is 2. The minimum atomic E-state index is -0.496. The Morgan fingerprint density at radius 1 is 1.23 bits per heavy atom. The van der Waals surface area contributed by atoms with Crippen LogP contribution < -0.4 is 10.1 Å². The topological polar surface area (TPSA) is 38.3 Å². The molecule has 0 heterocycles. The van der Waals surface area contributed by atoms with Gasteiger partial charge in [0.1, 0.15) is 11.6 Å². The van der Waals surface area contributed by atoms with Crippen molar-refractivity contribution < 1.29 is 13.9 Å². The van der Waals surface area contributed by atoms with Crippen LogP contribution in [-0.2, 0) is 4.79 Å². The first-order valence-electron chi connectivity index (χ1n) is 6.93. The van der Waals surface area contributed by atoms with Crippen molar-refractivity contribution in [3.05, 3.63) is 58.3 Å². The van der Waals surface area contributed by atoms with Gasteiger partial charge < -0.3 is 10.1 Å². The summed E-state index contributed by atoms with van der Waals surface area (Å²) in [6.45, 7) is 4.04. The summed E-state index contributed by atoms with van der Waals surface area (Å²) in [5.41, 5.74) is 1.33. The molecular formula is C17H17BrFNO2. The van der Waals surface area contributed by atoms with Crippen LogP contribution in [0.15, 0.2) is 46.9 Å². The molecule has 0 spiro atoms. The standard InChI is InChI=1S/C17H17BrFNO2/c1-11(2)12-3-6-14(7-4-12)22-10-17(21)20-16-8-5-13(18)9-15(16)19/h3-9,11H,10H2,1-2H3,(H,20,21). The fourth-order valence-corrected chi connectivity index (χ4v) is 2.21. The monoisotopic (exact) mass is 365 g/mol. The highest BCUT2D eigenvalue weighted by molar-refractivity contribution is 9.10. The molecule has 0 aliphatic carbocycles. The highest BCUT2D eigenvalue weighted by atomic mass is 79.9. The van der Waals surface area contributed by atoms with E-state index in [4.69, 9.17) is 4.74 Å². The molecule has 0 atom stereocenters. The van der Waals surface area contributed by atoms with E-state index >= 15 is 0 Å². The van der Waals surface area contributed by atoms with E-state index in [2.05, 4.69) is 35.1 Å². The molecule has 0 unspecified atom stereocenters. The first kappa shape index (κ1) is 16.5. The lowest BCUT2D eigenvalue weighted by atomic mass is 10.0. The van der Waals surface area contributed by atoms with Gasteiger partial charge in [0.2, 0.25) is 0 Å². The summed E-state index contributed by atoms with van der Waals surface area (Å²) in [5.74, 6) is 0.145. The van der Waals surface area contributed by atoms with Crippen molar-refractivity contribution in [2.45, 2.75) is 19.8 Å². The third kappa shape index (κ3) is 4.56. The molecule has 1 amide bonds. The first-order valence-corrected chi connectivity index (χ1v) is 7.72. The number of hydrogen-bond acceptors (Lipinski definition) is 2. The Balaban J connectivity index is 1.89. The zero-order chi connectivity index (χ0) is 16.1. The number of carbonyl (C=O) groups is 1. The summed E-state index contributed by atoms with van der Waals surface area (Å²) in [4.78, 5) is 11.8. The molecule has 2 rings (SSSR count). The van der Waals surface area contributed by atoms with Gasteiger partial charge in [-0.3, -0.25) is 4.79 Å². The first-order chi connectivity index (χ1) is 10.5. The largest absolute Gasteiger partial charge is 0.484 e. The lowest BCUT2D eigenvalue weighted by Gasteiger charge is -2.10. The van der Waals surface area contributed by atoms with E-state index in [9.17, 15) is 9.18 Å². The molecule has 0 bridgehead atoms. The Morgan fingerprint density at radius 2 is 1.91 bits per heavy atom. The molecule has 0 saturated heterocycles. The molecule has 2 aromatic carbocycles. The van der Waals surface area contributed by atoms with Crippen LogP contribution in [0, 0.1) is 5.82 Å². The Kier molecular flexibility index (Phi) is 5.55. The average Bonchev–Trinajstić information content (AvgIpc) is 2.48. The number of carbonyl (C=O) groups excluding carboxylic acids is 1. The number of rotatable bonds is 5. The molecule has 5 heteroatoms. The van der Waals surface area contributed by atoms with Gasteiger partial charge in [0.15, 0.2) is 6.61 Å². The van der Waals surface area contributed by atoms with Crippen molar-refractivity contribution in [2.24, 2.45) is 0 Å². The van der Waals surface area contributed by atoms with E-state index < -0.39 is 11.7 Å². The molecular weight excluding hydrogens is 349 g/mol. The van der Waals surface area contributed by atoms with Gasteiger partial charge in [-0.05, 0) is 41.8 Å². The summed E-state index contributed by atoms with van der Waals surface area (Å²) in [6, 6.07) is 12.0. The fraction of sp³-hybridized carbons (Fsp3) is 0.235. The minimum absolute atomic E-state index is 0.131. The highest BCUT2D eigenvalue weighted by Gasteiger charge is 2.08. The molecule has 0 aromatic heterocycles. The van der Waals surface area contributed by atoms with E-state index in [0.29, 0.717) is 16.1 Å². The van der Waals surface area contributed by atoms with E-state index in [1.54, 1.807) is 6.07 Å². The average molecular weight is 366 g/mol. The van der Waals surface area contributed by atoms with Crippen LogP contribution >= 0.6 is 15.9 Å². The van der Waals surface area contributed by atoms with Crippen LogP contribution in [0.25, 0.3) is 0 Å². The second kappa shape index (κ2) is 7.40. The number of anilines is 1. The van der Waals surface area contributed by atoms with Gasteiger partial charge in [0, 0.05) is 4.47 Å². The molecule has 0 aliphatic heterocycles. The summed E-state index contributed by atoms with van der Waals surface area (Å²) >= 11 is 3.16. The van der Waals surface area contributed by atoms with Crippen LogP contribution in [0.4, 0.5) is 10.1 Å². The van der Waals surface area contributed by atoms with Gasteiger partial charge in [-0.2, -0.15) is 0 Å². The van der Waals surface area contributed by atoms with Crippen LogP contribution in [-0.4, -0.2) is 12.5 Å². The molecule has 3 nitrogen and oxygen atoms in total. The Labute approximate surface area is 137 Å². The van der Waals surface area contributed by atoms with Gasteiger partial charge in [0.05, 0.1) is 5.69 Å². The molecule has 0 radical (unpaired) electrons. The predicted octanol–water partition coefficient (Wildman–Crippen LogP) is 4.73. The van der Waals surface area contributed by atoms with Crippen LogP contribution in [0.1, 0.15) is 25.3 Å². The Hall–Kier alpha value is -1.88. The Bertz CT molecular complexity index is 656. The van der Waals surface area contributed by atoms with Crippen LogP contribution in [0.5, 0.6) is 5.75 Å². The molecule has 0 fully saturated rings. The van der Waals surface area contributed by atoms with Crippen molar-refractivity contribution in [1.29, 1.82) is 0 Å². The maximum Gasteiger partial charge on any atom is 0.262 e. The van der Waals surface area contributed by atoms with Crippen LogP contribution in [0.3, 0.4) is 0 Å². The number of ether oxygens (including phenoxy) is 1. The van der Waals surface area contributed by atoms with E-state index in [0.717, 1.165) is 0 Å². The maximum absolute atomic E-state index is 13.6. The van der Waals surface area contributed by atoms with Gasteiger partial charge >= 0.3 is 0 Å². The molecule has 0 saturated carbocycles. The van der Waals surface area contributed by atoms with Crippen molar-refractivity contribution in [3.8, 4) is 5.75 Å². The lowest BCUT2D eigenvalue weighted by molar-refractivity contribution is -0.118. The van der Waals surface area contributed by atoms with Gasteiger partial charge in [-0.15, -0.1) is 0 Å². The van der Waals surface area contributed by atoms with Gasteiger partial charge in [0.25, 0.3) is 5.91 Å². The molecule has 116 valence electrons. The molecule has 2 aromatic rings. The van der Waals surface area contributed by atoms with E-state index in [-0.39, 0.29) is 12.3 Å². The normalized spacial score (nSPS) is 10.6. The zero-order valence-corrected chi connectivity index (χ0v) is 14.0. The van der Waals surface area contributed by atoms with Crippen molar-refractivity contribution in [3.63, 3.8) is 0 Å². The van der Waals surface area contributed by atoms with Gasteiger partial charge in [-0.1, -0.05) is 41.9 Å². The van der Waals surface area contributed by atoms with Gasteiger partial charge in [-0.25, -0.2) is 4.39 Å². The van der Waals surface area contributed by atoms with Crippen molar-refractivity contribution in [1.82, 2.24) is 0 Å². The molecule has 22 heavy (non-hydrogen) atoms. The highest BCUT2D eigenvalue weighted by Crippen LogP contribution is 2.20. The summed E-state index contributed by atoms with van der Waals surface area (Å²) < 4.78 is 19.6. The van der Waals surface area contributed by atoms with Crippen molar-refractivity contribution in [2.75, 3.05) is 11.9 Å². The second-order valence-corrected chi connectivity index (χ2v) is 6.10. The summed E-state index contributed by atoms with van der Waals surface area (Å²) in [6.07, 6.45) is 0.